The minimum atomic E-state index is 0.0214. The number of carbonyl (C=O) groups is 1. The molecule has 0 N–H and O–H groups in total. The van der Waals surface area contributed by atoms with E-state index in [0.29, 0.717) is 10.9 Å². The first-order chi connectivity index (χ1) is 9.66. The largest absolute Gasteiger partial charge is 0.343 e. The van der Waals surface area contributed by atoms with Crippen LogP contribution >= 0.6 is 24.0 Å². The van der Waals surface area contributed by atoms with Gasteiger partial charge >= 0.3 is 0 Å². The predicted molar refractivity (Wildman–Crippen MR) is 94.5 cm³/mol. The first-order valence-electron chi connectivity index (χ1n) is 7.11. The standard InChI is InChI=1S/C16H22N2OS2/c1-7-17-14(19)13(21-15(17)20)9-12-8-10(2)18(11(12)3)16(4,5)6/h8-9H,7H2,1-6H3. The van der Waals surface area contributed by atoms with E-state index < -0.39 is 0 Å². The minimum absolute atomic E-state index is 0.0214. The molecule has 1 aliphatic heterocycles. The Bertz CT molecular complexity index is 635. The molecule has 0 aliphatic carbocycles. The topological polar surface area (TPSA) is 25.2 Å². The number of rotatable bonds is 2. The molecule has 1 aromatic rings. The van der Waals surface area contributed by atoms with Crippen molar-refractivity contribution in [1.82, 2.24) is 9.47 Å². The zero-order valence-corrected chi connectivity index (χ0v) is 15.1. The maximum atomic E-state index is 12.3. The van der Waals surface area contributed by atoms with Crippen LogP contribution in [0.2, 0.25) is 0 Å². The molecule has 3 nitrogen and oxygen atoms in total. The number of nitrogens with zero attached hydrogens (tertiary/aromatic N) is 2. The third-order valence-corrected chi connectivity index (χ3v) is 5.00. The number of hydrogen-bond donors (Lipinski definition) is 0. The van der Waals surface area contributed by atoms with E-state index in [9.17, 15) is 4.79 Å². The Morgan fingerprint density at radius 3 is 2.38 bits per heavy atom. The SMILES string of the molecule is CCN1C(=O)C(=Cc2cc(C)n(C(C)(C)C)c2C)SC1=S. The van der Waals surface area contributed by atoms with Gasteiger partial charge in [-0.25, -0.2) is 0 Å². The Balaban J connectivity index is 2.44. The highest BCUT2D eigenvalue weighted by molar-refractivity contribution is 8.26. The molecule has 0 saturated carbocycles. The van der Waals surface area contributed by atoms with Crippen LogP contribution in [0.15, 0.2) is 11.0 Å². The zero-order chi connectivity index (χ0) is 15.9. The summed E-state index contributed by atoms with van der Waals surface area (Å²) < 4.78 is 2.96. The molecule has 0 spiro atoms. The van der Waals surface area contributed by atoms with E-state index in [1.165, 1.54) is 23.1 Å². The fourth-order valence-corrected chi connectivity index (χ4v) is 4.25. The van der Waals surface area contributed by atoms with Gasteiger partial charge in [0, 0.05) is 23.5 Å². The number of thioether (sulfide) groups is 1. The Labute approximate surface area is 136 Å². The lowest BCUT2D eigenvalue weighted by Gasteiger charge is -2.25. The van der Waals surface area contributed by atoms with E-state index in [1.807, 2.05) is 13.0 Å². The second-order valence-corrected chi connectivity index (χ2v) is 7.93. The molecule has 0 atom stereocenters. The third-order valence-electron chi connectivity index (χ3n) is 3.62. The van der Waals surface area contributed by atoms with Crippen LogP contribution in [-0.2, 0) is 10.3 Å². The fourth-order valence-electron chi connectivity index (χ4n) is 2.88. The van der Waals surface area contributed by atoms with Crippen LogP contribution < -0.4 is 0 Å². The van der Waals surface area contributed by atoms with Crippen molar-refractivity contribution in [3.8, 4) is 0 Å². The van der Waals surface area contributed by atoms with Gasteiger partial charge in [0.25, 0.3) is 5.91 Å². The van der Waals surface area contributed by atoms with Crippen molar-refractivity contribution in [3.63, 3.8) is 0 Å². The Hall–Kier alpha value is -1.07. The highest BCUT2D eigenvalue weighted by Crippen LogP contribution is 2.34. The van der Waals surface area contributed by atoms with Crippen LogP contribution in [0.4, 0.5) is 0 Å². The fraction of sp³-hybridized carbons (Fsp3) is 0.500. The molecule has 114 valence electrons. The molecule has 1 aromatic heterocycles. The van der Waals surface area contributed by atoms with Gasteiger partial charge < -0.3 is 4.57 Å². The molecule has 1 amide bonds. The van der Waals surface area contributed by atoms with Crippen LogP contribution in [0.3, 0.4) is 0 Å². The van der Waals surface area contributed by atoms with Crippen molar-refractivity contribution in [2.75, 3.05) is 6.54 Å². The summed E-state index contributed by atoms with van der Waals surface area (Å²) in [6.45, 7) is 13.3. The molecule has 0 unspecified atom stereocenters. The van der Waals surface area contributed by atoms with Gasteiger partial charge in [-0.1, -0.05) is 24.0 Å². The van der Waals surface area contributed by atoms with Gasteiger partial charge in [-0.05, 0) is 59.2 Å². The van der Waals surface area contributed by atoms with Crippen molar-refractivity contribution < 1.29 is 4.79 Å². The second-order valence-electron chi connectivity index (χ2n) is 6.26. The van der Waals surface area contributed by atoms with E-state index in [-0.39, 0.29) is 11.4 Å². The summed E-state index contributed by atoms with van der Waals surface area (Å²) in [5, 5.41) is 0. The van der Waals surface area contributed by atoms with Gasteiger partial charge in [0.15, 0.2) is 0 Å². The average Bonchev–Trinajstić information content (AvgIpc) is 2.77. The van der Waals surface area contributed by atoms with E-state index in [2.05, 4.69) is 45.3 Å². The van der Waals surface area contributed by atoms with Gasteiger partial charge in [0.05, 0.1) is 4.91 Å². The number of aromatic nitrogens is 1. The number of amides is 1. The van der Waals surface area contributed by atoms with E-state index in [4.69, 9.17) is 12.2 Å². The number of thiocarbonyl (C=S) groups is 1. The van der Waals surface area contributed by atoms with Crippen LogP contribution in [0, 0.1) is 13.8 Å². The van der Waals surface area contributed by atoms with E-state index in [1.54, 1.807) is 4.90 Å². The van der Waals surface area contributed by atoms with Crippen molar-refractivity contribution in [2.24, 2.45) is 0 Å². The minimum Gasteiger partial charge on any atom is -0.343 e. The molecular weight excluding hydrogens is 300 g/mol. The van der Waals surface area contributed by atoms with Gasteiger partial charge in [0.2, 0.25) is 0 Å². The van der Waals surface area contributed by atoms with Crippen LogP contribution in [-0.4, -0.2) is 26.2 Å². The quantitative estimate of drug-likeness (QED) is 0.606. The molecule has 1 saturated heterocycles. The maximum absolute atomic E-state index is 12.3. The Morgan fingerprint density at radius 1 is 1.33 bits per heavy atom. The first kappa shape index (κ1) is 16.3. The number of hydrogen-bond acceptors (Lipinski definition) is 3. The smallest absolute Gasteiger partial charge is 0.266 e. The van der Waals surface area contributed by atoms with Crippen molar-refractivity contribution in [1.29, 1.82) is 0 Å². The molecule has 21 heavy (non-hydrogen) atoms. The van der Waals surface area contributed by atoms with E-state index in [0.717, 1.165) is 10.5 Å². The van der Waals surface area contributed by atoms with Crippen LogP contribution in [0.25, 0.3) is 6.08 Å². The lowest BCUT2D eigenvalue weighted by Crippen LogP contribution is -2.27. The lowest BCUT2D eigenvalue weighted by atomic mass is 10.1. The van der Waals surface area contributed by atoms with Gasteiger partial charge in [-0.15, -0.1) is 0 Å². The summed E-state index contributed by atoms with van der Waals surface area (Å²) in [4.78, 5) is 14.7. The normalized spacial score (nSPS) is 18.2. The van der Waals surface area contributed by atoms with Crippen LogP contribution in [0.5, 0.6) is 0 Å². The summed E-state index contributed by atoms with van der Waals surface area (Å²) in [6, 6.07) is 2.14. The third kappa shape index (κ3) is 2.94. The lowest BCUT2D eigenvalue weighted by molar-refractivity contribution is -0.121. The van der Waals surface area contributed by atoms with Crippen molar-refractivity contribution in [3.05, 3.63) is 27.9 Å². The van der Waals surface area contributed by atoms with Gasteiger partial charge in [0.1, 0.15) is 4.32 Å². The zero-order valence-electron chi connectivity index (χ0n) is 13.5. The number of aryl methyl sites for hydroxylation is 1. The molecule has 1 aliphatic rings. The first-order valence-corrected chi connectivity index (χ1v) is 8.34. The Kier molecular flexibility index (Phi) is 4.36. The molecule has 2 heterocycles. The van der Waals surface area contributed by atoms with Gasteiger partial charge in [-0.2, -0.15) is 0 Å². The maximum Gasteiger partial charge on any atom is 0.266 e. The van der Waals surface area contributed by atoms with Crippen molar-refractivity contribution >= 4 is 40.3 Å². The highest BCUT2D eigenvalue weighted by Gasteiger charge is 2.31. The second kappa shape index (κ2) is 5.61. The molecule has 2 rings (SSSR count). The highest BCUT2D eigenvalue weighted by atomic mass is 32.2. The average molecular weight is 322 g/mol. The van der Waals surface area contributed by atoms with Gasteiger partial charge in [-0.3, -0.25) is 9.69 Å². The molecular formula is C16H22N2OS2. The predicted octanol–water partition coefficient (Wildman–Crippen LogP) is 4.08. The van der Waals surface area contributed by atoms with E-state index >= 15 is 0 Å². The summed E-state index contributed by atoms with van der Waals surface area (Å²) in [6.07, 6.45) is 1.97. The molecule has 0 bridgehead atoms. The molecule has 1 fully saturated rings. The Morgan fingerprint density at radius 2 is 1.95 bits per heavy atom. The molecule has 0 aromatic carbocycles. The summed E-state index contributed by atoms with van der Waals surface area (Å²) >= 11 is 6.65. The summed E-state index contributed by atoms with van der Waals surface area (Å²) in [5.74, 6) is 0.0214. The monoisotopic (exact) mass is 322 g/mol. The summed E-state index contributed by atoms with van der Waals surface area (Å²) in [5.41, 5.74) is 3.51. The van der Waals surface area contributed by atoms with Crippen molar-refractivity contribution in [2.45, 2.75) is 47.1 Å². The number of carbonyl (C=O) groups excluding carboxylic acids is 1. The number of likely N-dealkylation sites (N-methyl/N-ethyl adjacent to an activating group) is 1. The molecule has 0 radical (unpaired) electrons. The molecule has 5 heteroatoms. The summed E-state index contributed by atoms with van der Waals surface area (Å²) in [7, 11) is 0. The van der Waals surface area contributed by atoms with Crippen LogP contribution in [0.1, 0.15) is 44.6 Å².